The van der Waals surface area contributed by atoms with Crippen LogP contribution < -0.4 is 0 Å². The topological polar surface area (TPSA) is 57.5 Å². The van der Waals surface area contributed by atoms with Crippen molar-refractivity contribution < 1.29 is 15.0 Å². The van der Waals surface area contributed by atoms with Gasteiger partial charge in [0.25, 0.3) is 0 Å². The Morgan fingerprint density at radius 2 is 1.82 bits per heavy atom. The second-order valence-electron chi connectivity index (χ2n) is 4.50. The zero-order chi connectivity index (χ0) is 13.1. The Labute approximate surface area is 102 Å². The number of aliphatic carboxylic acids is 1. The SMILES string of the molecule is CCc1ccc(C(C)(O)C(CC)C(=O)O)cc1. The molecule has 3 heteroatoms. The number of hydrogen-bond donors (Lipinski definition) is 2. The Balaban J connectivity index is 3.06. The number of hydrogen-bond acceptors (Lipinski definition) is 2. The van der Waals surface area contributed by atoms with Crippen LogP contribution in [0.5, 0.6) is 0 Å². The first-order valence-electron chi connectivity index (χ1n) is 5.98. The summed E-state index contributed by atoms with van der Waals surface area (Å²) in [7, 11) is 0. The number of carboxylic acid groups (broad SMARTS) is 1. The first-order valence-corrected chi connectivity index (χ1v) is 5.98. The van der Waals surface area contributed by atoms with Gasteiger partial charge in [-0.2, -0.15) is 0 Å². The first-order chi connectivity index (χ1) is 7.93. The van der Waals surface area contributed by atoms with E-state index in [1.807, 2.05) is 24.3 Å². The summed E-state index contributed by atoms with van der Waals surface area (Å²) in [6.45, 7) is 5.39. The Morgan fingerprint density at radius 1 is 1.29 bits per heavy atom. The van der Waals surface area contributed by atoms with Crippen molar-refractivity contribution in [1.82, 2.24) is 0 Å². The Morgan fingerprint density at radius 3 is 2.18 bits per heavy atom. The maximum Gasteiger partial charge on any atom is 0.309 e. The molecule has 17 heavy (non-hydrogen) atoms. The van der Waals surface area contributed by atoms with Crippen LogP contribution >= 0.6 is 0 Å². The average Bonchev–Trinajstić information content (AvgIpc) is 2.29. The fourth-order valence-corrected chi connectivity index (χ4v) is 2.09. The van der Waals surface area contributed by atoms with Gasteiger partial charge in [-0.15, -0.1) is 0 Å². The summed E-state index contributed by atoms with van der Waals surface area (Å²) in [5.41, 5.74) is 0.504. The predicted octanol–water partition coefficient (Wildman–Crippen LogP) is 2.57. The van der Waals surface area contributed by atoms with E-state index in [-0.39, 0.29) is 0 Å². The Bertz CT molecular complexity index is 379. The summed E-state index contributed by atoms with van der Waals surface area (Å²) in [5.74, 6) is -1.74. The van der Waals surface area contributed by atoms with Crippen LogP contribution in [0.4, 0.5) is 0 Å². The molecule has 94 valence electrons. The highest BCUT2D eigenvalue weighted by atomic mass is 16.4. The molecule has 0 aliphatic carbocycles. The van der Waals surface area contributed by atoms with Gasteiger partial charge in [0.15, 0.2) is 0 Å². The molecule has 3 nitrogen and oxygen atoms in total. The normalized spacial score (nSPS) is 16.2. The molecule has 0 saturated carbocycles. The Kier molecular flexibility index (Phi) is 4.29. The standard InChI is InChI=1S/C14H20O3/c1-4-10-6-8-11(9-7-10)14(3,17)12(5-2)13(15)16/h6-9,12,17H,4-5H2,1-3H3,(H,15,16). The highest BCUT2D eigenvalue weighted by molar-refractivity contribution is 5.71. The lowest BCUT2D eigenvalue weighted by Crippen LogP contribution is -2.36. The molecular formula is C14H20O3. The van der Waals surface area contributed by atoms with Gasteiger partial charge in [-0.3, -0.25) is 4.79 Å². The molecule has 0 aromatic heterocycles. The van der Waals surface area contributed by atoms with Crippen molar-refractivity contribution in [3.05, 3.63) is 35.4 Å². The molecule has 0 heterocycles. The number of carboxylic acids is 1. The lowest BCUT2D eigenvalue weighted by atomic mass is 9.81. The zero-order valence-electron chi connectivity index (χ0n) is 10.6. The minimum absolute atomic E-state index is 0.401. The third-order valence-corrected chi connectivity index (χ3v) is 3.33. The van der Waals surface area contributed by atoms with Crippen LogP contribution in [0, 0.1) is 5.92 Å². The lowest BCUT2D eigenvalue weighted by Gasteiger charge is -2.30. The molecule has 0 fully saturated rings. The molecule has 2 N–H and O–H groups in total. The third kappa shape index (κ3) is 2.86. The van der Waals surface area contributed by atoms with Gasteiger partial charge < -0.3 is 10.2 Å². The van der Waals surface area contributed by atoms with Crippen LogP contribution in [-0.4, -0.2) is 16.2 Å². The summed E-state index contributed by atoms with van der Waals surface area (Å²) in [5, 5.41) is 19.5. The van der Waals surface area contributed by atoms with E-state index in [0.29, 0.717) is 12.0 Å². The fourth-order valence-electron chi connectivity index (χ4n) is 2.09. The molecule has 0 aliphatic rings. The van der Waals surface area contributed by atoms with Crippen LogP contribution in [0.3, 0.4) is 0 Å². The van der Waals surface area contributed by atoms with Crippen molar-refractivity contribution >= 4 is 5.97 Å². The molecular weight excluding hydrogens is 216 g/mol. The van der Waals surface area contributed by atoms with E-state index in [4.69, 9.17) is 5.11 Å². The van der Waals surface area contributed by atoms with Gasteiger partial charge in [-0.1, -0.05) is 38.1 Å². The summed E-state index contributed by atoms with van der Waals surface area (Å²) < 4.78 is 0. The van der Waals surface area contributed by atoms with Gasteiger partial charge in [0.05, 0.1) is 5.92 Å². The maximum atomic E-state index is 11.1. The van der Waals surface area contributed by atoms with Crippen molar-refractivity contribution in [3.8, 4) is 0 Å². The molecule has 1 aromatic carbocycles. The lowest BCUT2D eigenvalue weighted by molar-refractivity contribution is -0.152. The van der Waals surface area contributed by atoms with Crippen molar-refractivity contribution in [2.75, 3.05) is 0 Å². The van der Waals surface area contributed by atoms with E-state index < -0.39 is 17.5 Å². The van der Waals surface area contributed by atoms with E-state index in [1.54, 1.807) is 13.8 Å². The molecule has 1 aromatic rings. The highest BCUT2D eigenvalue weighted by Gasteiger charge is 2.37. The van der Waals surface area contributed by atoms with E-state index in [9.17, 15) is 9.90 Å². The largest absolute Gasteiger partial charge is 0.481 e. The summed E-state index contributed by atoms with van der Waals surface area (Å²) >= 11 is 0. The number of rotatable bonds is 5. The fraction of sp³-hybridized carbons (Fsp3) is 0.500. The molecule has 0 saturated heterocycles. The maximum absolute atomic E-state index is 11.1. The molecule has 0 bridgehead atoms. The average molecular weight is 236 g/mol. The monoisotopic (exact) mass is 236 g/mol. The van der Waals surface area contributed by atoms with E-state index in [1.165, 1.54) is 5.56 Å². The minimum Gasteiger partial charge on any atom is -0.481 e. The third-order valence-electron chi connectivity index (χ3n) is 3.33. The molecule has 0 radical (unpaired) electrons. The molecule has 2 unspecified atom stereocenters. The quantitative estimate of drug-likeness (QED) is 0.826. The van der Waals surface area contributed by atoms with Crippen LogP contribution in [0.15, 0.2) is 24.3 Å². The zero-order valence-corrected chi connectivity index (χ0v) is 10.6. The second-order valence-corrected chi connectivity index (χ2v) is 4.50. The Hall–Kier alpha value is -1.35. The molecule has 0 amide bonds. The molecule has 1 rings (SSSR count). The summed E-state index contributed by atoms with van der Waals surface area (Å²) in [6, 6.07) is 7.48. The van der Waals surface area contributed by atoms with Crippen LogP contribution in [-0.2, 0) is 16.8 Å². The van der Waals surface area contributed by atoms with Gasteiger partial charge in [0.1, 0.15) is 5.60 Å². The van der Waals surface area contributed by atoms with Gasteiger partial charge in [0.2, 0.25) is 0 Å². The molecule has 2 atom stereocenters. The van der Waals surface area contributed by atoms with Gasteiger partial charge in [0, 0.05) is 0 Å². The van der Waals surface area contributed by atoms with Crippen molar-refractivity contribution in [2.24, 2.45) is 5.92 Å². The number of benzene rings is 1. The number of aliphatic hydroxyl groups is 1. The first kappa shape index (κ1) is 13.7. The van der Waals surface area contributed by atoms with E-state index >= 15 is 0 Å². The predicted molar refractivity (Wildman–Crippen MR) is 66.8 cm³/mol. The van der Waals surface area contributed by atoms with Crippen LogP contribution in [0.2, 0.25) is 0 Å². The molecule has 0 aliphatic heterocycles. The number of carbonyl (C=O) groups is 1. The smallest absolute Gasteiger partial charge is 0.309 e. The van der Waals surface area contributed by atoms with Crippen molar-refractivity contribution in [3.63, 3.8) is 0 Å². The highest BCUT2D eigenvalue weighted by Crippen LogP contribution is 2.31. The second kappa shape index (κ2) is 5.32. The summed E-state index contributed by atoms with van der Waals surface area (Å²) in [6.07, 6.45) is 1.33. The molecule has 0 spiro atoms. The summed E-state index contributed by atoms with van der Waals surface area (Å²) in [4.78, 5) is 11.1. The van der Waals surface area contributed by atoms with Gasteiger partial charge in [-0.25, -0.2) is 0 Å². The van der Waals surface area contributed by atoms with E-state index in [0.717, 1.165) is 6.42 Å². The van der Waals surface area contributed by atoms with Gasteiger partial charge >= 0.3 is 5.97 Å². The van der Waals surface area contributed by atoms with Gasteiger partial charge in [-0.05, 0) is 30.9 Å². The minimum atomic E-state index is -1.33. The van der Waals surface area contributed by atoms with Crippen LogP contribution in [0.25, 0.3) is 0 Å². The van der Waals surface area contributed by atoms with Crippen molar-refractivity contribution in [2.45, 2.75) is 39.2 Å². The van der Waals surface area contributed by atoms with Crippen LogP contribution in [0.1, 0.15) is 38.3 Å². The van der Waals surface area contributed by atoms with E-state index in [2.05, 4.69) is 6.92 Å². The number of aryl methyl sites for hydroxylation is 1. The van der Waals surface area contributed by atoms with Crippen molar-refractivity contribution in [1.29, 1.82) is 0 Å².